The van der Waals surface area contributed by atoms with Crippen LogP contribution in [0.25, 0.3) is 11.1 Å². The number of methoxy groups -OCH3 is 1. The van der Waals surface area contributed by atoms with E-state index in [-0.39, 0.29) is 5.56 Å². The summed E-state index contributed by atoms with van der Waals surface area (Å²) < 4.78 is 57.2. The largest absolute Gasteiger partial charge is 0.468 e. The molecule has 0 fully saturated rings. The number of rotatable bonds is 3. The van der Waals surface area contributed by atoms with Crippen molar-refractivity contribution < 1.29 is 27.1 Å². The Morgan fingerprint density at radius 2 is 1.73 bits per heavy atom. The van der Waals surface area contributed by atoms with Crippen molar-refractivity contribution in [1.82, 2.24) is 0 Å². The predicted octanol–water partition coefficient (Wildman–Crippen LogP) is 4.31. The van der Waals surface area contributed by atoms with Crippen molar-refractivity contribution in [1.29, 1.82) is 0 Å². The number of benzene rings is 2. The van der Waals surface area contributed by atoms with Gasteiger partial charge >= 0.3 is 12.1 Å². The molecule has 116 valence electrons. The maximum absolute atomic E-state index is 14.1. The molecule has 6 heteroatoms. The number of carbonyl (C=O) groups excluding carboxylic acids is 1. The van der Waals surface area contributed by atoms with Crippen molar-refractivity contribution in [3.63, 3.8) is 0 Å². The zero-order chi connectivity index (χ0) is 16.3. The molecular formula is C16H12F4O2. The summed E-state index contributed by atoms with van der Waals surface area (Å²) in [4.78, 5) is 11.4. The lowest BCUT2D eigenvalue weighted by atomic mass is 9.95. The summed E-state index contributed by atoms with van der Waals surface area (Å²) in [6, 6.07) is 11.4. The SMILES string of the molecule is COC(=O)C(c1ccc(-c2ccccc2)c(F)c1)C(F)(F)F. The third-order valence-electron chi connectivity index (χ3n) is 3.18. The van der Waals surface area contributed by atoms with E-state index in [0.29, 0.717) is 5.56 Å². The van der Waals surface area contributed by atoms with Gasteiger partial charge in [0.1, 0.15) is 5.82 Å². The molecule has 0 aliphatic rings. The summed E-state index contributed by atoms with van der Waals surface area (Å²) in [7, 11) is 0.857. The molecule has 0 radical (unpaired) electrons. The van der Waals surface area contributed by atoms with Crippen LogP contribution in [0, 0.1) is 5.82 Å². The van der Waals surface area contributed by atoms with E-state index in [4.69, 9.17) is 0 Å². The average Bonchev–Trinajstić information content (AvgIpc) is 2.47. The maximum Gasteiger partial charge on any atom is 0.406 e. The van der Waals surface area contributed by atoms with Crippen molar-refractivity contribution in [2.45, 2.75) is 12.1 Å². The van der Waals surface area contributed by atoms with Gasteiger partial charge in [-0.1, -0.05) is 42.5 Å². The second-order valence-corrected chi connectivity index (χ2v) is 4.60. The van der Waals surface area contributed by atoms with Gasteiger partial charge in [0, 0.05) is 5.56 Å². The number of alkyl halides is 3. The Morgan fingerprint density at radius 3 is 2.23 bits per heavy atom. The number of hydrogen-bond donors (Lipinski definition) is 0. The summed E-state index contributed by atoms with van der Waals surface area (Å²) in [5, 5.41) is 0. The van der Waals surface area contributed by atoms with Gasteiger partial charge in [0.25, 0.3) is 0 Å². The minimum Gasteiger partial charge on any atom is -0.468 e. The molecule has 2 rings (SSSR count). The van der Waals surface area contributed by atoms with E-state index in [9.17, 15) is 22.4 Å². The fourth-order valence-electron chi connectivity index (χ4n) is 2.14. The number of hydrogen-bond acceptors (Lipinski definition) is 2. The maximum atomic E-state index is 14.1. The summed E-state index contributed by atoms with van der Waals surface area (Å²) in [6.45, 7) is 0. The van der Waals surface area contributed by atoms with Crippen molar-refractivity contribution in [2.75, 3.05) is 7.11 Å². The van der Waals surface area contributed by atoms with Crippen LogP contribution in [0.5, 0.6) is 0 Å². The zero-order valence-electron chi connectivity index (χ0n) is 11.5. The molecule has 0 spiro atoms. The average molecular weight is 312 g/mol. The molecule has 1 unspecified atom stereocenters. The first-order valence-electron chi connectivity index (χ1n) is 6.34. The van der Waals surface area contributed by atoms with Crippen molar-refractivity contribution in [3.05, 3.63) is 59.9 Å². The molecule has 2 aromatic carbocycles. The Bertz CT molecular complexity index is 666. The molecule has 0 saturated heterocycles. The lowest BCUT2D eigenvalue weighted by Gasteiger charge is -2.18. The van der Waals surface area contributed by atoms with Gasteiger partial charge in [0.2, 0.25) is 0 Å². The molecule has 0 bridgehead atoms. The highest BCUT2D eigenvalue weighted by Crippen LogP contribution is 2.37. The van der Waals surface area contributed by atoms with Crippen LogP contribution in [0.15, 0.2) is 48.5 Å². The van der Waals surface area contributed by atoms with Crippen LogP contribution in [0.3, 0.4) is 0 Å². The van der Waals surface area contributed by atoms with E-state index in [1.807, 2.05) is 0 Å². The van der Waals surface area contributed by atoms with Gasteiger partial charge in [-0.2, -0.15) is 13.2 Å². The second-order valence-electron chi connectivity index (χ2n) is 4.60. The van der Waals surface area contributed by atoms with Gasteiger partial charge < -0.3 is 4.74 Å². The van der Waals surface area contributed by atoms with Gasteiger partial charge in [-0.3, -0.25) is 4.79 Å². The summed E-state index contributed by atoms with van der Waals surface area (Å²) in [5.74, 6) is -4.81. The molecule has 2 aromatic rings. The van der Waals surface area contributed by atoms with Crippen LogP contribution >= 0.6 is 0 Å². The van der Waals surface area contributed by atoms with Crippen molar-refractivity contribution in [2.24, 2.45) is 0 Å². The topological polar surface area (TPSA) is 26.3 Å². The fourth-order valence-corrected chi connectivity index (χ4v) is 2.14. The standard InChI is InChI=1S/C16H12F4O2/c1-22-15(21)14(16(18,19)20)11-7-8-12(13(17)9-11)10-5-3-2-4-6-10/h2-9,14H,1H3. The number of ether oxygens (including phenoxy) is 1. The Labute approximate surface area is 124 Å². The predicted molar refractivity (Wildman–Crippen MR) is 72.6 cm³/mol. The molecule has 0 amide bonds. The molecule has 0 heterocycles. The highest BCUT2D eigenvalue weighted by Gasteiger charge is 2.47. The van der Waals surface area contributed by atoms with Crippen LogP contribution in [-0.4, -0.2) is 19.3 Å². The van der Waals surface area contributed by atoms with E-state index < -0.39 is 29.4 Å². The smallest absolute Gasteiger partial charge is 0.406 e. The highest BCUT2D eigenvalue weighted by atomic mass is 19.4. The van der Waals surface area contributed by atoms with Gasteiger partial charge in [-0.25, -0.2) is 4.39 Å². The van der Waals surface area contributed by atoms with E-state index in [1.54, 1.807) is 30.3 Å². The number of carbonyl (C=O) groups is 1. The normalized spacial score (nSPS) is 12.8. The van der Waals surface area contributed by atoms with Crippen LogP contribution in [-0.2, 0) is 9.53 Å². The molecule has 0 aliphatic heterocycles. The van der Waals surface area contributed by atoms with E-state index in [2.05, 4.69) is 4.74 Å². The number of esters is 1. The van der Waals surface area contributed by atoms with Crippen molar-refractivity contribution in [3.8, 4) is 11.1 Å². The molecule has 0 N–H and O–H groups in total. The summed E-state index contributed by atoms with van der Waals surface area (Å²) in [5.41, 5.74) is 0.208. The molecule has 22 heavy (non-hydrogen) atoms. The van der Waals surface area contributed by atoms with Crippen LogP contribution in [0.1, 0.15) is 11.5 Å². The third-order valence-corrected chi connectivity index (χ3v) is 3.18. The highest BCUT2D eigenvalue weighted by molar-refractivity contribution is 5.79. The lowest BCUT2D eigenvalue weighted by molar-refractivity contribution is -0.179. The Morgan fingerprint density at radius 1 is 1.09 bits per heavy atom. The van der Waals surface area contributed by atoms with Gasteiger partial charge in [-0.05, 0) is 17.2 Å². The Hall–Kier alpha value is -2.37. The van der Waals surface area contributed by atoms with E-state index in [1.165, 1.54) is 6.07 Å². The third kappa shape index (κ3) is 3.27. The first-order chi connectivity index (χ1) is 10.3. The van der Waals surface area contributed by atoms with Gasteiger partial charge in [0.05, 0.1) is 7.11 Å². The number of halogens is 4. The van der Waals surface area contributed by atoms with Crippen molar-refractivity contribution >= 4 is 5.97 Å². The monoisotopic (exact) mass is 312 g/mol. The van der Waals surface area contributed by atoms with Gasteiger partial charge in [0.15, 0.2) is 5.92 Å². The van der Waals surface area contributed by atoms with Crippen LogP contribution < -0.4 is 0 Å². The van der Waals surface area contributed by atoms with E-state index in [0.717, 1.165) is 19.2 Å². The molecule has 2 nitrogen and oxygen atoms in total. The molecular weight excluding hydrogens is 300 g/mol. The first kappa shape index (κ1) is 16.0. The second kappa shape index (κ2) is 6.17. The minimum atomic E-state index is -4.85. The Balaban J connectivity index is 2.46. The Kier molecular flexibility index (Phi) is 4.49. The molecule has 0 aliphatic carbocycles. The molecule has 1 atom stereocenters. The lowest BCUT2D eigenvalue weighted by Crippen LogP contribution is -2.29. The minimum absolute atomic E-state index is 0.162. The summed E-state index contributed by atoms with van der Waals surface area (Å²) in [6.07, 6.45) is -4.85. The van der Waals surface area contributed by atoms with Crippen LogP contribution in [0.2, 0.25) is 0 Å². The van der Waals surface area contributed by atoms with Gasteiger partial charge in [-0.15, -0.1) is 0 Å². The summed E-state index contributed by atoms with van der Waals surface area (Å²) >= 11 is 0. The molecule has 0 saturated carbocycles. The molecule has 0 aromatic heterocycles. The quantitative estimate of drug-likeness (QED) is 0.623. The van der Waals surface area contributed by atoms with E-state index >= 15 is 0 Å². The first-order valence-corrected chi connectivity index (χ1v) is 6.34. The fraction of sp³-hybridized carbons (Fsp3) is 0.188. The zero-order valence-corrected chi connectivity index (χ0v) is 11.5. The van der Waals surface area contributed by atoms with Crippen LogP contribution in [0.4, 0.5) is 17.6 Å².